The van der Waals surface area contributed by atoms with Crippen molar-refractivity contribution < 1.29 is 8.78 Å². The number of fused-ring (bicyclic) bond motifs is 1. The number of thiol groups is 1. The summed E-state index contributed by atoms with van der Waals surface area (Å²) in [6.45, 7) is 0. The van der Waals surface area contributed by atoms with Crippen molar-refractivity contribution in [1.82, 2.24) is 0 Å². The van der Waals surface area contributed by atoms with Crippen molar-refractivity contribution in [1.29, 1.82) is 0 Å². The Morgan fingerprint density at radius 1 is 1.36 bits per heavy atom. The summed E-state index contributed by atoms with van der Waals surface area (Å²) >= 11 is 8.79. The van der Waals surface area contributed by atoms with Gasteiger partial charge in [0.1, 0.15) is 0 Å². The van der Waals surface area contributed by atoms with Gasteiger partial charge < -0.3 is 0 Å². The minimum absolute atomic E-state index is 0.0773. The zero-order valence-corrected chi connectivity index (χ0v) is 10.1. The molecule has 2 rings (SSSR count). The van der Waals surface area contributed by atoms with Crippen LogP contribution >= 0.6 is 39.9 Å². The van der Waals surface area contributed by atoms with Crippen LogP contribution in [-0.2, 0) is 0 Å². The van der Waals surface area contributed by atoms with Crippen molar-refractivity contribution in [3.8, 4) is 0 Å². The largest absolute Gasteiger partial charge is 0.265 e. The van der Waals surface area contributed by atoms with E-state index in [1.54, 1.807) is 6.07 Å². The van der Waals surface area contributed by atoms with Gasteiger partial charge in [-0.05, 0) is 15.9 Å². The predicted octanol–water partition coefficient (Wildman–Crippen LogP) is 4.89. The third kappa shape index (κ3) is 1.57. The van der Waals surface area contributed by atoms with E-state index in [0.29, 0.717) is 4.70 Å². The standard InChI is InChI=1S/C9H5BrF2S2/c10-6-4-2-1-3-5(8(11)12)7(4)14-9(6)13/h1-3,8,13H. The summed E-state index contributed by atoms with van der Waals surface area (Å²) in [6, 6.07) is 4.89. The van der Waals surface area contributed by atoms with Gasteiger partial charge in [0.15, 0.2) is 0 Å². The van der Waals surface area contributed by atoms with E-state index >= 15 is 0 Å². The molecule has 0 saturated carbocycles. The number of hydrogen-bond acceptors (Lipinski definition) is 2. The van der Waals surface area contributed by atoms with Crippen molar-refractivity contribution in [3.63, 3.8) is 0 Å². The van der Waals surface area contributed by atoms with E-state index < -0.39 is 6.43 Å². The average Bonchev–Trinajstić information content (AvgIpc) is 2.43. The molecule has 1 aromatic carbocycles. The molecule has 5 heteroatoms. The van der Waals surface area contributed by atoms with Crippen molar-refractivity contribution in [3.05, 3.63) is 28.2 Å². The van der Waals surface area contributed by atoms with Gasteiger partial charge in [0.25, 0.3) is 6.43 Å². The number of halogens is 3. The summed E-state index contributed by atoms with van der Waals surface area (Å²) in [5.41, 5.74) is 0.0773. The van der Waals surface area contributed by atoms with Crippen LogP contribution in [-0.4, -0.2) is 0 Å². The molecule has 0 aliphatic rings. The molecule has 2 aromatic rings. The maximum Gasteiger partial charge on any atom is 0.265 e. The van der Waals surface area contributed by atoms with Crippen LogP contribution in [0.3, 0.4) is 0 Å². The molecule has 0 fully saturated rings. The van der Waals surface area contributed by atoms with Crippen molar-refractivity contribution in [2.24, 2.45) is 0 Å². The first-order chi connectivity index (χ1) is 6.61. The lowest BCUT2D eigenvalue weighted by atomic mass is 10.2. The van der Waals surface area contributed by atoms with Gasteiger partial charge in [0, 0.05) is 20.1 Å². The lowest BCUT2D eigenvalue weighted by Gasteiger charge is -1.99. The van der Waals surface area contributed by atoms with Crippen LogP contribution in [0.15, 0.2) is 26.9 Å². The number of hydrogen-bond donors (Lipinski definition) is 1. The Morgan fingerprint density at radius 3 is 2.71 bits per heavy atom. The van der Waals surface area contributed by atoms with E-state index in [-0.39, 0.29) is 5.56 Å². The third-order valence-electron chi connectivity index (χ3n) is 1.90. The number of thiophene rings is 1. The second-order valence-corrected chi connectivity index (χ2v) is 5.31. The third-order valence-corrected chi connectivity index (χ3v) is 4.85. The van der Waals surface area contributed by atoms with Gasteiger partial charge in [-0.3, -0.25) is 0 Å². The van der Waals surface area contributed by atoms with Gasteiger partial charge in [0.2, 0.25) is 0 Å². The van der Waals surface area contributed by atoms with Gasteiger partial charge in [-0.15, -0.1) is 24.0 Å². The van der Waals surface area contributed by atoms with E-state index in [9.17, 15) is 8.78 Å². The smallest absolute Gasteiger partial charge is 0.205 e. The van der Waals surface area contributed by atoms with Crippen molar-refractivity contribution in [2.75, 3.05) is 0 Å². The first-order valence-electron chi connectivity index (χ1n) is 3.79. The highest BCUT2D eigenvalue weighted by molar-refractivity contribution is 9.10. The zero-order valence-electron chi connectivity index (χ0n) is 6.80. The molecule has 74 valence electrons. The number of rotatable bonds is 1. The molecule has 0 aliphatic carbocycles. The fourth-order valence-corrected chi connectivity index (χ4v) is 3.32. The fraction of sp³-hybridized carbons (Fsp3) is 0.111. The molecule has 14 heavy (non-hydrogen) atoms. The van der Waals surface area contributed by atoms with Gasteiger partial charge >= 0.3 is 0 Å². The van der Waals surface area contributed by atoms with E-state index in [2.05, 4.69) is 28.6 Å². The molecule has 0 amide bonds. The highest BCUT2D eigenvalue weighted by Crippen LogP contribution is 2.41. The highest BCUT2D eigenvalue weighted by atomic mass is 79.9. The minimum atomic E-state index is -2.43. The molecule has 0 unspecified atom stereocenters. The van der Waals surface area contributed by atoms with Crippen LogP contribution in [0.4, 0.5) is 8.78 Å². The van der Waals surface area contributed by atoms with Gasteiger partial charge in [-0.1, -0.05) is 18.2 Å². The Balaban J connectivity index is 2.81. The second-order valence-electron chi connectivity index (χ2n) is 2.75. The Morgan fingerprint density at radius 2 is 2.07 bits per heavy atom. The van der Waals surface area contributed by atoms with Crippen molar-refractivity contribution in [2.45, 2.75) is 10.6 Å². The Labute approximate surface area is 97.5 Å². The Kier molecular flexibility index (Phi) is 2.81. The van der Waals surface area contributed by atoms with Crippen LogP contribution in [0.25, 0.3) is 10.1 Å². The fourth-order valence-electron chi connectivity index (χ4n) is 1.27. The van der Waals surface area contributed by atoms with Crippen LogP contribution < -0.4 is 0 Å². The highest BCUT2D eigenvalue weighted by Gasteiger charge is 2.15. The van der Waals surface area contributed by atoms with E-state index in [4.69, 9.17) is 0 Å². The minimum Gasteiger partial charge on any atom is -0.205 e. The molecule has 0 spiro atoms. The summed E-state index contributed by atoms with van der Waals surface area (Å²) in [5.74, 6) is 0. The van der Waals surface area contributed by atoms with Crippen LogP contribution in [0.1, 0.15) is 12.0 Å². The lowest BCUT2D eigenvalue weighted by Crippen LogP contribution is -1.82. The monoisotopic (exact) mass is 294 g/mol. The molecule has 1 heterocycles. The van der Waals surface area contributed by atoms with Crippen molar-refractivity contribution >= 4 is 50.0 Å². The summed E-state index contributed by atoms with van der Waals surface area (Å²) in [6.07, 6.45) is -2.43. The summed E-state index contributed by atoms with van der Waals surface area (Å²) < 4.78 is 27.3. The van der Waals surface area contributed by atoms with Gasteiger partial charge in [0.05, 0.1) is 4.21 Å². The molecule has 1 aromatic heterocycles. The van der Waals surface area contributed by atoms with E-state index in [0.717, 1.165) is 14.1 Å². The topological polar surface area (TPSA) is 0 Å². The number of alkyl halides is 2. The Bertz CT molecular complexity index is 479. The Hall–Kier alpha value is -0.130. The molecule has 0 saturated heterocycles. The van der Waals surface area contributed by atoms with E-state index in [1.165, 1.54) is 17.4 Å². The molecular weight excluding hydrogens is 290 g/mol. The maximum atomic E-state index is 12.6. The first-order valence-corrected chi connectivity index (χ1v) is 5.85. The SMILES string of the molecule is FC(F)c1cccc2c(Br)c(S)sc12. The molecule has 0 aliphatic heterocycles. The molecule has 0 radical (unpaired) electrons. The first kappa shape index (κ1) is 10.4. The van der Waals surface area contributed by atoms with Crippen LogP contribution in [0, 0.1) is 0 Å². The maximum absolute atomic E-state index is 12.6. The molecular formula is C9H5BrF2S2. The molecule has 0 nitrogen and oxygen atoms in total. The van der Waals surface area contributed by atoms with Crippen LogP contribution in [0.2, 0.25) is 0 Å². The van der Waals surface area contributed by atoms with Crippen LogP contribution in [0.5, 0.6) is 0 Å². The second kappa shape index (κ2) is 3.79. The molecule has 0 bridgehead atoms. The zero-order chi connectivity index (χ0) is 10.3. The molecule has 0 atom stereocenters. The van der Waals surface area contributed by atoms with E-state index in [1.807, 2.05) is 6.07 Å². The van der Waals surface area contributed by atoms with Gasteiger partial charge in [-0.2, -0.15) is 0 Å². The van der Waals surface area contributed by atoms with Gasteiger partial charge in [-0.25, -0.2) is 8.78 Å². The summed E-state index contributed by atoms with van der Waals surface area (Å²) in [4.78, 5) is 0. The summed E-state index contributed by atoms with van der Waals surface area (Å²) in [5, 5.41) is 0.804. The molecule has 0 N–H and O–H groups in total. The summed E-state index contributed by atoms with van der Waals surface area (Å²) in [7, 11) is 0. The number of benzene rings is 1. The normalized spacial score (nSPS) is 11.5. The quantitative estimate of drug-likeness (QED) is 0.711. The predicted molar refractivity (Wildman–Crippen MR) is 61.7 cm³/mol. The lowest BCUT2D eigenvalue weighted by molar-refractivity contribution is 0.153. The average molecular weight is 295 g/mol.